The molecule has 1 aliphatic rings. The maximum Gasteiger partial charge on any atom is 0.319 e. The molecule has 1 saturated heterocycles. The predicted octanol–water partition coefficient (Wildman–Crippen LogP) is 1.21. The summed E-state index contributed by atoms with van der Waals surface area (Å²) in [6, 6.07) is 7.51. The molecule has 3 rings (SSSR count). The monoisotopic (exact) mass is 329 g/mol. The van der Waals surface area contributed by atoms with E-state index in [2.05, 4.69) is 26.0 Å². The van der Waals surface area contributed by atoms with E-state index in [1.165, 1.54) is 0 Å². The van der Waals surface area contributed by atoms with Crippen LogP contribution in [0.1, 0.15) is 12.8 Å². The van der Waals surface area contributed by atoms with E-state index in [-0.39, 0.29) is 12.1 Å². The lowest BCUT2D eigenvalue weighted by molar-refractivity contribution is 0.245. The first-order chi connectivity index (χ1) is 11.6. The fraction of sp³-hybridized carbons (Fsp3) is 0.438. The number of piperidine rings is 1. The van der Waals surface area contributed by atoms with Gasteiger partial charge in [0.2, 0.25) is 5.95 Å². The van der Waals surface area contributed by atoms with E-state index >= 15 is 0 Å². The van der Waals surface area contributed by atoms with Crippen molar-refractivity contribution in [2.24, 2.45) is 0 Å². The molecule has 0 radical (unpaired) electrons. The van der Waals surface area contributed by atoms with E-state index in [1.54, 1.807) is 11.0 Å². The van der Waals surface area contributed by atoms with Crippen molar-refractivity contribution < 1.29 is 4.79 Å². The normalized spacial score (nSPS) is 17.3. The summed E-state index contributed by atoms with van der Waals surface area (Å²) in [6.45, 7) is 1.84. The van der Waals surface area contributed by atoms with Crippen molar-refractivity contribution >= 4 is 17.7 Å². The SMILES string of the molecule is CN(C)c1ncn(-c2cccc(NC(=O)N[C@@H]3CCCNC3)c2)n1. The molecule has 1 aromatic heterocycles. The topological polar surface area (TPSA) is 87.1 Å². The van der Waals surface area contributed by atoms with Crippen LogP contribution in [0.5, 0.6) is 0 Å². The van der Waals surface area contributed by atoms with Gasteiger partial charge in [0.1, 0.15) is 6.33 Å². The van der Waals surface area contributed by atoms with E-state index in [0.717, 1.165) is 37.3 Å². The van der Waals surface area contributed by atoms with Gasteiger partial charge in [-0.05, 0) is 37.6 Å². The highest BCUT2D eigenvalue weighted by Crippen LogP contribution is 2.15. The molecule has 2 heterocycles. The van der Waals surface area contributed by atoms with Gasteiger partial charge in [0, 0.05) is 32.4 Å². The Balaban J connectivity index is 1.64. The number of anilines is 2. The van der Waals surface area contributed by atoms with Crippen LogP contribution in [0.2, 0.25) is 0 Å². The number of nitrogens with one attached hydrogen (secondary N) is 3. The van der Waals surface area contributed by atoms with Gasteiger partial charge >= 0.3 is 6.03 Å². The van der Waals surface area contributed by atoms with Gasteiger partial charge in [0.25, 0.3) is 0 Å². The van der Waals surface area contributed by atoms with E-state index in [4.69, 9.17) is 0 Å². The maximum absolute atomic E-state index is 12.1. The molecule has 1 aliphatic heterocycles. The number of nitrogens with zero attached hydrogens (tertiary/aromatic N) is 4. The maximum atomic E-state index is 12.1. The summed E-state index contributed by atoms with van der Waals surface area (Å²) in [5, 5.41) is 13.5. The van der Waals surface area contributed by atoms with Gasteiger partial charge in [-0.3, -0.25) is 0 Å². The van der Waals surface area contributed by atoms with Crippen LogP contribution in [-0.2, 0) is 0 Å². The van der Waals surface area contributed by atoms with Crippen LogP contribution in [-0.4, -0.2) is 54.0 Å². The van der Waals surface area contributed by atoms with Gasteiger partial charge in [-0.25, -0.2) is 9.48 Å². The molecule has 128 valence electrons. The Bertz CT molecular complexity index is 691. The summed E-state index contributed by atoms with van der Waals surface area (Å²) < 4.78 is 1.68. The predicted molar refractivity (Wildman–Crippen MR) is 93.7 cm³/mol. The molecule has 0 spiro atoms. The molecule has 0 unspecified atom stereocenters. The van der Waals surface area contributed by atoms with E-state index in [0.29, 0.717) is 5.95 Å². The molecule has 2 aromatic rings. The largest absolute Gasteiger partial charge is 0.346 e. The molecular formula is C16H23N7O. The first-order valence-corrected chi connectivity index (χ1v) is 8.09. The number of carbonyl (C=O) groups is 1. The van der Waals surface area contributed by atoms with Gasteiger partial charge in [-0.1, -0.05) is 6.07 Å². The van der Waals surface area contributed by atoms with E-state index in [1.807, 2.05) is 43.3 Å². The van der Waals surface area contributed by atoms with E-state index in [9.17, 15) is 4.79 Å². The quantitative estimate of drug-likeness (QED) is 0.785. The lowest BCUT2D eigenvalue weighted by Crippen LogP contribution is -2.47. The third-order valence-electron chi connectivity index (χ3n) is 3.88. The Morgan fingerprint density at radius 2 is 2.29 bits per heavy atom. The zero-order chi connectivity index (χ0) is 16.9. The Labute approximate surface area is 141 Å². The molecule has 0 aliphatic carbocycles. The Kier molecular flexibility index (Phi) is 4.95. The lowest BCUT2D eigenvalue weighted by Gasteiger charge is -2.23. The van der Waals surface area contributed by atoms with Gasteiger partial charge < -0.3 is 20.9 Å². The minimum atomic E-state index is -0.187. The standard InChI is InChI=1S/C16H23N7O/c1-22(2)15-18-11-23(21-15)14-7-3-5-12(9-14)19-16(24)20-13-6-4-8-17-10-13/h3,5,7,9,11,13,17H,4,6,8,10H2,1-2H3,(H2,19,20,24)/t13-/m1/s1. The van der Waals surface area contributed by atoms with Gasteiger partial charge in [-0.2, -0.15) is 4.98 Å². The lowest BCUT2D eigenvalue weighted by atomic mass is 10.1. The van der Waals surface area contributed by atoms with Crippen LogP contribution < -0.4 is 20.9 Å². The highest BCUT2D eigenvalue weighted by atomic mass is 16.2. The first kappa shape index (κ1) is 16.3. The molecule has 2 amide bonds. The summed E-state index contributed by atoms with van der Waals surface area (Å²) in [5.74, 6) is 0.635. The Morgan fingerprint density at radius 1 is 1.42 bits per heavy atom. The smallest absolute Gasteiger partial charge is 0.319 e. The second kappa shape index (κ2) is 7.31. The van der Waals surface area contributed by atoms with Crippen molar-refractivity contribution in [1.29, 1.82) is 0 Å². The van der Waals surface area contributed by atoms with Crippen LogP contribution in [0.25, 0.3) is 5.69 Å². The summed E-state index contributed by atoms with van der Waals surface area (Å²) >= 11 is 0. The highest BCUT2D eigenvalue weighted by Gasteiger charge is 2.15. The summed E-state index contributed by atoms with van der Waals surface area (Å²) in [7, 11) is 3.78. The number of amides is 2. The minimum Gasteiger partial charge on any atom is -0.346 e. The van der Waals surface area contributed by atoms with Crippen LogP contribution >= 0.6 is 0 Å². The molecule has 1 aromatic carbocycles. The van der Waals surface area contributed by atoms with E-state index < -0.39 is 0 Å². The van der Waals surface area contributed by atoms with Gasteiger partial charge in [0.15, 0.2) is 0 Å². The van der Waals surface area contributed by atoms with Gasteiger partial charge in [-0.15, -0.1) is 5.10 Å². The number of urea groups is 1. The van der Waals surface area contributed by atoms with Crippen molar-refractivity contribution in [3.8, 4) is 5.69 Å². The molecule has 0 saturated carbocycles. The third-order valence-corrected chi connectivity index (χ3v) is 3.88. The minimum absolute atomic E-state index is 0.180. The molecule has 1 atom stereocenters. The first-order valence-electron chi connectivity index (χ1n) is 8.09. The van der Waals surface area contributed by atoms with Crippen molar-refractivity contribution in [3.63, 3.8) is 0 Å². The number of hydrogen-bond acceptors (Lipinski definition) is 5. The van der Waals surface area contributed by atoms with Crippen molar-refractivity contribution in [3.05, 3.63) is 30.6 Å². The second-order valence-electron chi connectivity index (χ2n) is 6.08. The fourth-order valence-electron chi connectivity index (χ4n) is 2.64. The molecule has 0 bridgehead atoms. The molecular weight excluding hydrogens is 306 g/mol. The summed E-state index contributed by atoms with van der Waals surface area (Å²) in [4.78, 5) is 18.2. The van der Waals surface area contributed by atoms with Crippen molar-refractivity contribution in [2.75, 3.05) is 37.4 Å². The van der Waals surface area contributed by atoms with Gasteiger partial charge in [0.05, 0.1) is 5.69 Å². The third kappa shape index (κ3) is 4.02. The summed E-state index contributed by atoms with van der Waals surface area (Å²) in [5.41, 5.74) is 1.56. The second-order valence-corrected chi connectivity index (χ2v) is 6.08. The number of rotatable bonds is 4. The average Bonchev–Trinajstić information content (AvgIpc) is 3.06. The number of benzene rings is 1. The number of carbonyl (C=O) groups excluding carboxylic acids is 1. The highest BCUT2D eigenvalue weighted by molar-refractivity contribution is 5.89. The number of hydrogen-bond donors (Lipinski definition) is 3. The number of aromatic nitrogens is 3. The van der Waals surface area contributed by atoms with Crippen LogP contribution in [0.15, 0.2) is 30.6 Å². The fourth-order valence-corrected chi connectivity index (χ4v) is 2.64. The zero-order valence-corrected chi connectivity index (χ0v) is 14.0. The molecule has 24 heavy (non-hydrogen) atoms. The van der Waals surface area contributed by atoms with Crippen LogP contribution in [0.3, 0.4) is 0 Å². The van der Waals surface area contributed by atoms with Crippen molar-refractivity contribution in [1.82, 2.24) is 25.4 Å². The van der Waals surface area contributed by atoms with Crippen molar-refractivity contribution in [2.45, 2.75) is 18.9 Å². The Morgan fingerprint density at radius 3 is 3.00 bits per heavy atom. The molecule has 8 heteroatoms. The zero-order valence-electron chi connectivity index (χ0n) is 14.0. The average molecular weight is 329 g/mol. The van der Waals surface area contributed by atoms with Crippen LogP contribution in [0.4, 0.5) is 16.4 Å². The molecule has 8 nitrogen and oxygen atoms in total. The Hall–Kier alpha value is -2.61. The molecule has 3 N–H and O–H groups in total. The molecule has 1 fully saturated rings. The van der Waals surface area contributed by atoms with Crippen LogP contribution in [0, 0.1) is 0 Å². The summed E-state index contributed by atoms with van der Waals surface area (Å²) in [6.07, 6.45) is 3.75.